The van der Waals surface area contributed by atoms with Crippen LogP contribution in [0, 0.1) is 11.6 Å². The molecule has 4 rings (SSSR count). The highest BCUT2D eigenvalue weighted by molar-refractivity contribution is 6.15. The fourth-order valence-electron chi connectivity index (χ4n) is 3.70. The molecule has 0 radical (unpaired) electrons. The monoisotopic (exact) mass is 444 g/mol. The molecule has 1 aliphatic rings. The van der Waals surface area contributed by atoms with Crippen molar-refractivity contribution in [3.8, 4) is 0 Å². The van der Waals surface area contributed by atoms with Crippen LogP contribution >= 0.6 is 0 Å². The number of nitrogens with zero attached hydrogens (tertiary/aromatic N) is 2. The first kappa shape index (κ1) is 21.7. The highest BCUT2D eigenvalue weighted by atomic mass is 19.4. The van der Waals surface area contributed by atoms with E-state index in [1.807, 2.05) is 0 Å². The van der Waals surface area contributed by atoms with Gasteiger partial charge in [0.05, 0.1) is 22.6 Å². The molecule has 3 nitrogen and oxygen atoms in total. The van der Waals surface area contributed by atoms with Gasteiger partial charge in [0.2, 0.25) is 0 Å². The van der Waals surface area contributed by atoms with Gasteiger partial charge in [-0.15, -0.1) is 0 Å². The topological polar surface area (TPSA) is 32.7 Å². The first-order valence-corrected chi connectivity index (χ1v) is 9.77. The molecule has 0 aliphatic carbocycles. The number of amides is 1. The van der Waals surface area contributed by atoms with Crippen molar-refractivity contribution in [1.29, 1.82) is 0 Å². The molecular weight excluding hydrogens is 427 g/mol. The third-order valence-electron chi connectivity index (χ3n) is 5.23. The van der Waals surface area contributed by atoms with Gasteiger partial charge in [-0.05, 0) is 73.7 Å². The number of hydrogen-bond donors (Lipinski definition) is 0. The Labute approximate surface area is 180 Å². The average molecular weight is 444 g/mol. The van der Waals surface area contributed by atoms with E-state index in [-0.39, 0.29) is 29.6 Å². The van der Waals surface area contributed by atoms with Gasteiger partial charge in [-0.1, -0.05) is 0 Å². The van der Waals surface area contributed by atoms with Gasteiger partial charge in [-0.25, -0.2) is 8.78 Å². The number of rotatable bonds is 2. The van der Waals surface area contributed by atoms with Gasteiger partial charge in [-0.3, -0.25) is 9.79 Å². The van der Waals surface area contributed by atoms with Crippen molar-refractivity contribution >= 4 is 23.0 Å². The van der Waals surface area contributed by atoms with E-state index >= 15 is 0 Å². The maximum atomic E-state index is 14.1. The lowest BCUT2D eigenvalue weighted by Crippen LogP contribution is -2.44. The molecule has 3 aromatic rings. The van der Waals surface area contributed by atoms with E-state index in [1.165, 1.54) is 59.5 Å². The van der Waals surface area contributed by atoms with E-state index in [2.05, 4.69) is 4.99 Å². The minimum Gasteiger partial charge on any atom is -0.305 e. The summed E-state index contributed by atoms with van der Waals surface area (Å²) in [7, 11) is 0. The van der Waals surface area contributed by atoms with Crippen LogP contribution in [0.25, 0.3) is 0 Å². The van der Waals surface area contributed by atoms with Gasteiger partial charge >= 0.3 is 6.18 Å². The molecule has 0 fully saturated rings. The Hall–Kier alpha value is -3.55. The summed E-state index contributed by atoms with van der Waals surface area (Å²) in [6.07, 6.45) is -4.20. The first-order valence-electron chi connectivity index (χ1n) is 9.77. The third kappa shape index (κ3) is 4.26. The smallest absolute Gasteiger partial charge is 0.305 e. The lowest BCUT2D eigenvalue weighted by atomic mass is 9.93. The summed E-state index contributed by atoms with van der Waals surface area (Å²) in [6.45, 7) is 1.79. The molecule has 0 saturated heterocycles. The van der Waals surface area contributed by atoms with Crippen molar-refractivity contribution in [3.05, 3.63) is 95.1 Å². The van der Waals surface area contributed by atoms with E-state index < -0.39 is 23.4 Å². The predicted molar refractivity (Wildman–Crippen MR) is 111 cm³/mol. The van der Waals surface area contributed by atoms with Crippen LogP contribution in [0.2, 0.25) is 0 Å². The van der Waals surface area contributed by atoms with Crippen LogP contribution in [0.15, 0.2) is 71.7 Å². The summed E-state index contributed by atoms with van der Waals surface area (Å²) in [5.41, 5.74) is 1.02. The normalized spacial score (nSPS) is 17.4. The van der Waals surface area contributed by atoms with Crippen LogP contribution in [0.1, 0.15) is 34.8 Å². The van der Waals surface area contributed by atoms with Crippen LogP contribution in [0.4, 0.5) is 33.3 Å². The van der Waals surface area contributed by atoms with E-state index in [0.717, 1.165) is 12.1 Å². The minimum atomic E-state index is -4.46. The Morgan fingerprint density at radius 2 is 1.56 bits per heavy atom. The quantitative estimate of drug-likeness (QED) is 0.413. The lowest BCUT2D eigenvalue weighted by Gasteiger charge is -2.36. The Morgan fingerprint density at radius 3 is 2.19 bits per heavy atom. The number of alkyl halides is 3. The molecule has 1 atom stereocenters. The van der Waals surface area contributed by atoms with Crippen molar-refractivity contribution < 1.29 is 26.7 Å². The van der Waals surface area contributed by atoms with Crippen molar-refractivity contribution in [2.24, 2.45) is 4.99 Å². The number of anilines is 1. The first-order chi connectivity index (χ1) is 15.1. The minimum absolute atomic E-state index is 0.254. The van der Waals surface area contributed by atoms with E-state index in [1.54, 1.807) is 6.92 Å². The van der Waals surface area contributed by atoms with Gasteiger partial charge < -0.3 is 4.90 Å². The highest BCUT2D eigenvalue weighted by Gasteiger charge is 2.33. The number of carbonyl (C=O) groups is 1. The summed E-state index contributed by atoms with van der Waals surface area (Å²) in [6, 6.07) is 13.0. The molecule has 164 valence electrons. The van der Waals surface area contributed by atoms with Crippen molar-refractivity contribution in [3.63, 3.8) is 0 Å². The average Bonchev–Trinajstić information content (AvgIpc) is 2.74. The van der Waals surface area contributed by atoms with E-state index in [0.29, 0.717) is 17.0 Å². The molecule has 1 amide bonds. The maximum Gasteiger partial charge on any atom is 0.416 e. The summed E-state index contributed by atoms with van der Waals surface area (Å²) in [4.78, 5) is 19.1. The van der Waals surface area contributed by atoms with Crippen molar-refractivity contribution in [1.82, 2.24) is 0 Å². The Balaban J connectivity index is 1.74. The van der Waals surface area contributed by atoms with Gasteiger partial charge in [0, 0.05) is 23.6 Å². The number of aliphatic imine (C=N–C) groups is 1. The molecule has 1 aliphatic heterocycles. The zero-order chi connectivity index (χ0) is 23.0. The highest BCUT2D eigenvalue weighted by Crippen LogP contribution is 2.35. The zero-order valence-electron chi connectivity index (χ0n) is 16.8. The SMILES string of the molecule is CC1CC(=Nc2ccc(C(F)(F)F)cc2)c2cc(F)ccc2N1C(=O)c1ccc(F)cc1. The summed E-state index contributed by atoms with van der Waals surface area (Å²) in [5.74, 6) is -1.38. The van der Waals surface area contributed by atoms with Gasteiger partial charge in [-0.2, -0.15) is 13.2 Å². The van der Waals surface area contributed by atoms with Crippen LogP contribution < -0.4 is 4.90 Å². The summed E-state index contributed by atoms with van der Waals surface area (Å²) >= 11 is 0. The van der Waals surface area contributed by atoms with Crippen LogP contribution in [-0.4, -0.2) is 17.7 Å². The lowest BCUT2D eigenvalue weighted by molar-refractivity contribution is -0.137. The number of carbonyl (C=O) groups excluding carboxylic acids is 1. The molecule has 1 unspecified atom stereocenters. The molecule has 8 heteroatoms. The van der Waals surface area contributed by atoms with Crippen LogP contribution in [0.3, 0.4) is 0 Å². The number of halogens is 5. The second kappa shape index (κ2) is 8.18. The number of fused-ring (bicyclic) bond motifs is 1. The van der Waals surface area contributed by atoms with Crippen molar-refractivity contribution in [2.45, 2.75) is 25.6 Å². The Morgan fingerprint density at radius 1 is 0.938 bits per heavy atom. The summed E-state index contributed by atoms with van der Waals surface area (Å²) in [5, 5.41) is 0. The largest absolute Gasteiger partial charge is 0.416 e. The Bertz CT molecular complexity index is 1180. The second-order valence-electron chi connectivity index (χ2n) is 7.50. The Kier molecular flexibility index (Phi) is 5.54. The van der Waals surface area contributed by atoms with Crippen LogP contribution in [-0.2, 0) is 6.18 Å². The van der Waals surface area contributed by atoms with Crippen LogP contribution in [0.5, 0.6) is 0 Å². The molecule has 1 heterocycles. The molecular formula is C24H17F5N2O. The second-order valence-corrected chi connectivity index (χ2v) is 7.50. The third-order valence-corrected chi connectivity index (χ3v) is 5.23. The molecule has 3 aromatic carbocycles. The molecule has 0 aromatic heterocycles. The standard InChI is InChI=1S/C24H17F5N2O/c1-14-12-21(30-19-9-4-16(5-10-19)24(27,28)29)20-13-18(26)8-11-22(20)31(14)23(32)15-2-6-17(25)7-3-15/h2-11,13-14H,12H2,1H3. The molecule has 0 N–H and O–H groups in total. The van der Waals surface area contributed by atoms with Gasteiger partial charge in [0.25, 0.3) is 5.91 Å². The molecule has 0 bridgehead atoms. The van der Waals surface area contributed by atoms with E-state index in [9.17, 15) is 26.7 Å². The fraction of sp³-hybridized carbons (Fsp3) is 0.167. The molecule has 0 spiro atoms. The van der Waals surface area contributed by atoms with Gasteiger partial charge in [0.15, 0.2) is 0 Å². The maximum absolute atomic E-state index is 14.1. The fourth-order valence-corrected chi connectivity index (χ4v) is 3.70. The molecule has 32 heavy (non-hydrogen) atoms. The molecule has 0 saturated carbocycles. The predicted octanol–water partition coefficient (Wildman–Crippen LogP) is 6.54. The number of benzene rings is 3. The zero-order valence-corrected chi connectivity index (χ0v) is 16.8. The van der Waals surface area contributed by atoms with E-state index in [4.69, 9.17) is 0 Å². The summed E-state index contributed by atoms with van der Waals surface area (Å²) < 4.78 is 65.8. The number of hydrogen-bond acceptors (Lipinski definition) is 2. The van der Waals surface area contributed by atoms with Gasteiger partial charge in [0.1, 0.15) is 11.6 Å². The van der Waals surface area contributed by atoms with Crippen molar-refractivity contribution in [2.75, 3.05) is 4.90 Å².